The number of ether oxygens (including phenoxy) is 1. The molecule has 0 unspecified atom stereocenters. The summed E-state index contributed by atoms with van der Waals surface area (Å²) in [6.07, 6.45) is 7.25. The number of carbonyl (C=O) groups excluding carboxylic acids is 1. The summed E-state index contributed by atoms with van der Waals surface area (Å²) in [5, 5.41) is 0. The maximum Gasteiger partial charge on any atom is 0.310 e. The van der Waals surface area contributed by atoms with Crippen LogP contribution >= 0.6 is 0 Å². The maximum absolute atomic E-state index is 10.8. The number of hydrogen-bond acceptors (Lipinski definition) is 2. The fraction of sp³-hybridized carbons (Fsp3) is 0.400. The van der Waals surface area contributed by atoms with Crippen LogP contribution in [0.5, 0.6) is 0 Å². The van der Waals surface area contributed by atoms with E-state index in [1.807, 2.05) is 32.9 Å². The Bertz CT molecular complexity index is 435. The first-order chi connectivity index (χ1) is 8.08. The van der Waals surface area contributed by atoms with Crippen molar-refractivity contribution in [3.63, 3.8) is 0 Å². The van der Waals surface area contributed by atoms with Crippen LogP contribution in [0.3, 0.4) is 0 Å². The van der Waals surface area contributed by atoms with Crippen molar-refractivity contribution in [2.24, 2.45) is 0 Å². The molecule has 0 aromatic rings. The lowest BCUT2D eigenvalue weighted by atomic mass is 10.1. The highest BCUT2D eigenvalue weighted by Gasteiger charge is 2.15. The van der Waals surface area contributed by atoms with Crippen LogP contribution in [0.1, 0.15) is 33.6 Å². The Morgan fingerprint density at radius 2 is 2.18 bits per heavy atom. The minimum atomic E-state index is -0.125. The highest BCUT2D eigenvalue weighted by molar-refractivity contribution is 5.75. The molecule has 0 aliphatic carbocycles. The van der Waals surface area contributed by atoms with E-state index in [0.717, 1.165) is 17.6 Å². The van der Waals surface area contributed by atoms with Crippen LogP contribution in [0, 0.1) is 11.8 Å². The topological polar surface area (TPSA) is 26.3 Å². The van der Waals surface area contributed by atoms with Gasteiger partial charge in [0.15, 0.2) is 0 Å². The zero-order chi connectivity index (χ0) is 12.7. The molecule has 0 radical (unpaired) electrons. The summed E-state index contributed by atoms with van der Waals surface area (Å²) in [6.45, 7) is 6.49. The molecule has 90 valence electrons. The van der Waals surface area contributed by atoms with E-state index in [2.05, 4.69) is 17.9 Å². The van der Waals surface area contributed by atoms with Crippen molar-refractivity contribution in [2.45, 2.75) is 33.6 Å². The van der Waals surface area contributed by atoms with Gasteiger partial charge in [-0.05, 0) is 44.4 Å². The van der Waals surface area contributed by atoms with E-state index in [9.17, 15) is 4.79 Å². The Morgan fingerprint density at radius 1 is 1.41 bits per heavy atom. The molecule has 1 aliphatic heterocycles. The lowest BCUT2D eigenvalue weighted by Crippen LogP contribution is -1.88. The Labute approximate surface area is 103 Å². The summed E-state index contributed by atoms with van der Waals surface area (Å²) in [4.78, 5) is 10.8. The van der Waals surface area contributed by atoms with Gasteiger partial charge in [-0.2, -0.15) is 0 Å². The lowest BCUT2D eigenvalue weighted by molar-refractivity contribution is -0.137. The molecule has 1 aliphatic rings. The third-order valence-corrected chi connectivity index (χ3v) is 2.25. The number of cyclic esters (lactones) is 1. The third-order valence-electron chi connectivity index (χ3n) is 2.25. The zero-order valence-corrected chi connectivity index (χ0v) is 10.7. The maximum atomic E-state index is 10.8. The summed E-state index contributed by atoms with van der Waals surface area (Å²) < 4.78 is 4.85. The van der Waals surface area contributed by atoms with Crippen molar-refractivity contribution in [2.75, 3.05) is 6.61 Å². The van der Waals surface area contributed by atoms with Crippen molar-refractivity contribution < 1.29 is 9.53 Å². The fourth-order valence-corrected chi connectivity index (χ4v) is 1.34. The predicted octanol–water partition coefficient (Wildman–Crippen LogP) is 3.17. The van der Waals surface area contributed by atoms with Gasteiger partial charge in [-0.15, -0.1) is 0 Å². The SMILES string of the molecule is CC(C)=CC#C/C(C)=C/C/C=C1\COC(=O)C1. The molecule has 0 atom stereocenters. The molecular formula is C15H18O2. The van der Waals surface area contributed by atoms with Gasteiger partial charge in [0.05, 0.1) is 6.42 Å². The molecule has 0 bridgehead atoms. The van der Waals surface area contributed by atoms with Crippen LogP contribution in [-0.2, 0) is 9.53 Å². The highest BCUT2D eigenvalue weighted by atomic mass is 16.5. The standard InChI is InChI=1S/C15H18O2/c1-12(2)6-4-7-13(3)8-5-9-14-10-15(16)17-11-14/h6,8-9H,5,10-11H2,1-3H3/b13-8+,14-9-. The van der Waals surface area contributed by atoms with Crippen LogP contribution < -0.4 is 0 Å². The summed E-state index contributed by atoms with van der Waals surface area (Å²) in [5.41, 5.74) is 3.31. The Kier molecular flexibility index (Phi) is 5.29. The van der Waals surface area contributed by atoms with Crippen molar-refractivity contribution in [3.05, 3.63) is 34.9 Å². The Morgan fingerprint density at radius 3 is 2.76 bits per heavy atom. The molecule has 1 rings (SSSR count). The Hall–Kier alpha value is -1.75. The van der Waals surface area contributed by atoms with E-state index >= 15 is 0 Å². The van der Waals surface area contributed by atoms with Crippen molar-refractivity contribution in [1.82, 2.24) is 0 Å². The molecule has 2 heteroatoms. The van der Waals surface area contributed by atoms with Gasteiger partial charge in [0.2, 0.25) is 0 Å². The van der Waals surface area contributed by atoms with E-state index in [1.165, 1.54) is 5.57 Å². The van der Waals surface area contributed by atoms with Crippen molar-refractivity contribution >= 4 is 5.97 Å². The second-order valence-corrected chi connectivity index (χ2v) is 4.31. The molecule has 0 saturated carbocycles. The van der Waals surface area contributed by atoms with Gasteiger partial charge in [-0.1, -0.05) is 29.6 Å². The average molecular weight is 230 g/mol. The number of carbonyl (C=O) groups is 1. The normalized spacial score (nSPS) is 17.5. The monoisotopic (exact) mass is 230 g/mol. The van der Waals surface area contributed by atoms with E-state index in [0.29, 0.717) is 13.0 Å². The predicted molar refractivity (Wildman–Crippen MR) is 69.2 cm³/mol. The second kappa shape index (κ2) is 6.75. The molecule has 0 N–H and O–H groups in total. The largest absolute Gasteiger partial charge is 0.461 e. The van der Waals surface area contributed by atoms with Crippen LogP contribution in [0.25, 0.3) is 0 Å². The minimum Gasteiger partial charge on any atom is -0.461 e. The highest BCUT2D eigenvalue weighted by Crippen LogP contribution is 2.13. The van der Waals surface area contributed by atoms with Crippen LogP contribution in [0.15, 0.2) is 34.9 Å². The summed E-state index contributed by atoms with van der Waals surface area (Å²) in [5.74, 6) is 5.92. The first-order valence-corrected chi connectivity index (χ1v) is 5.73. The fourth-order valence-electron chi connectivity index (χ4n) is 1.34. The molecule has 0 amide bonds. The van der Waals surface area contributed by atoms with E-state index in [-0.39, 0.29) is 5.97 Å². The lowest BCUT2D eigenvalue weighted by Gasteiger charge is -1.90. The van der Waals surface area contributed by atoms with Gasteiger partial charge in [0, 0.05) is 0 Å². The van der Waals surface area contributed by atoms with Crippen molar-refractivity contribution in [1.29, 1.82) is 0 Å². The van der Waals surface area contributed by atoms with Crippen LogP contribution in [0.2, 0.25) is 0 Å². The van der Waals surface area contributed by atoms with Gasteiger partial charge < -0.3 is 4.74 Å². The number of esters is 1. The summed E-state index contributed by atoms with van der Waals surface area (Å²) in [6, 6.07) is 0. The first kappa shape index (κ1) is 13.3. The van der Waals surface area contributed by atoms with E-state index < -0.39 is 0 Å². The van der Waals surface area contributed by atoms with Gasteiger partial charge in [-0.25, -0.2) is 0 Å². The zero-order valence-electron chi connectivity index (χ0n) is 10.7. The molecular weight excluding hydrogens is 212 g/mol. The number of allylic oxidation sites excluding steroid dienone is 5. The first-order valence-electron chi connectivity index (χ1n) is 5.73. The molecule has 17 heavy (non-hydrogen) atoms. The van der Waals surface area contributed by atoms with Crippen LogP contribution in [-0.4, -0.2) is 12.6 Å². The quantitative estimate of drug-likeness (QED) is 0.414. The smallest absolute Gasteiger partial charge is 0.310 e. The molecule has 0 aromatic carbocycles. The third kappa shape index (κ3) is 5.77. The Balaban J connectivity index is 2.45. The minimum absolute atomic E-state index is 0.125. The summed E-state index contributed by atoms with van der Waals surface area (Å²) >= 11 is 0. The summed E-state index contributed by atoms with van der Waals surface area (Å²) in [7, 11) is 0. The van der Waals surface area contributed by atoms with Crippen LogP contribution in [0.4, 0.5) is 0 Å². The van der Waals surface area contributed by atoms with Gasteiger partial charge in [-0.3, -0.25) is 4.79 Å². The number of rotatable bonds is 2. The van der Waals surface area contributed by atoms with E-state index in [1.54, 1.807) is 0 Å². The van der Waals surface area contributed by atoms with Gasteiger partial charge in [0.1, 0.15) is 6.61 Å². The van der Waals surface area contributed by atoms with Crippen molar-refractivity contribution in [3.8, 4) is 11.8 Å². The van der Waals surface area contributed by atoms with E-state index in [4.69, 9.17) is 4.74 Å². The molecule has 1 saturated heterocycles. The van der Waals surface area contributed by atoms with Gasteiger partial charge in [0.25, 0.3) is 0 Å². The molecule has 1 fully saturated rings. The average Bonchev–Trinajstić information content (AvgIpc) is 2.63. The van der Waals surface area contributed by atoms with Gasteiger partial charge >= 0.3 is 5.97 Å². The molecule has 2 nitrogen and oxygen atoms in total. The second-order valence-electron chi connectivity index (χ2n) is 4.31. The number of hydrogen-bond donors (Lipinski definition) is 0. The molecule has 0 spiro atoms. The molecule has 0 aromatic heterocycles. The molecule has 1 heterocycles.